The van der Waals surface area contributed by atoms with Gasteiger partial charge in [-0.15, -0.1) is 0 Å². The molecule has 3 heterocycles. The lowest BCUT2D eigenvalue weighted by atomic mass is 10.1. The zero-order valence-corrected chi connectivity index (χ0v) is 23.6. The van der Waals surface area contributed by atoms with E-state index in [1.54, 1.807) is 35.2 Å². The van der Waals surface area contributed by atoms with Gasteiger partial charge in [0, 0.05) is 50.5 Å². The van der Waals surface area contributed by atoms with Crippen LogP contribution in [0.5, 0.6) is 0 Å². The number of carbonyl (C=O) groups is 3. The van der Waals surface area contributed by atoms with Crippen LogP contribution in [0.3, 0.4) is 0 Å². The second-order valence-electron chi connectivity index (χ2n) is 10.6. The van der Waals surface area contributed by atoms with E-state index >= 15 is 0 Å². The number of para-hydroxylation sites is 1. The summed E-state index contributed by atoms with van der Waals surface area (Å²) in [5.41, 5.74) is 6.71. The summed E-state index contributed by atoms with van der Waals surface area (Å²) in [5, 5.41) is 2.98. The van der Waals surface area contributed by atoms with E-state index < -0.39 is 5.97 Å². The predicted octanol–water partition coefficient (Wildman–Crippen LogP) is 5.11. The zero-order chi connectivity index (χ0) is 29.2. The molecule has 0 spiro atoms. The number of hydrogen-bond donors (Lipinski definition) is 1. The van der Waals surface area contributed by atoms with E-state index in [4.69, 9.17) is 9.15 Å². The number of amides is 2. The molecule has 2 aliphatic rings. The fourth-order valence-electron chi connectivity index (χ4n) is 5.71. The van der Waals surface area contributed by atoms with E-state index in [1.807, 2.05) is 24.3 Å². The topological polar surface area (TPSA) is 95.3 Å². The van der Waals surface area contributed by atoms with Gasteiger partial charge >= 0.3 is 5.97 Å². The van der Waals surface area contributed by atoms with Gasteiger partial charge in [-0.1, -0.05) is 24.3 Å². The van der Waals surface area contributed by atoms with Gasteiger partial charge in [-0.25, -0.2) is 4.79 Å². The van der Waals surface area contributed by atoms with Gasteiger partial charge in [0.25, 0.3) is 11.8 Å². The molecule has 0 radical (unpaired) electrons. The number of piperazine rings is 1. The minimum atomic E-state index is -0.408. The van der Waals surface area contributed by atoms with Gasteiger partial charge in [0.05, 0.1) is 30.3 Å². The standard InChI is InChI=1S/C33H32N4O5/c1-22-6-3-4-7-28(22)35-13-15-36(16-14-35)29-12-11-23(19-27(29)34-31(38)30-8-5-17-42-30)32(39)37-20-25-10-9-24(33(40)41-2)18-26(25)21-37/h3-12,17-19H,13-16,20-21H2,1-2H3,(H,34,38). The summed E-state index contributed by atoms with van der Waals surface area (Å²) in [5.74, 6) is -0.753. The van der Waals surface area contributed by atoms with Crippen molar-refractivity contribution in [3.63, 3.8) is 0 Å². The molecule has 0 unspecified atom stereocenters. The van der Waals surface area contributed by atoms with Crippen molar-refractivity contribution in [3.8, 4) is 0 Å². The highest BCUT2D eigenvalue weighted by Gasteiger charge is 2.27. The van der Waals surface area contributed by atoms with Crippen LogP contribution in [0, 0.1) is 6.92 Å². The van der Waals surface area contributed by atoms with Gasteiger partial charge in [0.1, 0.15) is 0 Å². The third-order valence-corrected chi connectivity index (χ3v) is 7.95. The van der Waals surface area contributed by atoms with Crippen molar-refractivity contribution in [2.45, 2.75) is 20.0 Å². The van der Waals surface area contributed by atoms with E-state index in [0.29, 0.717) is 29.9 Å². The third-order valence-electron chi connectivity index (χ3n) is 7.95. The van der Waals surface area contributed by atoms with Crippen LogP contribution >= 0.6 is 0 Å². The molecule has 9 nitrogen and oxygen atoms in total. The molecule has 2 aliphatic heterocycles. The van der Waals surface area contributed by atoms with Gasteiger partial charge < -0.3 is 29.2 Å². The maximum atomic E-state index is 13.7. The summed E-state index contributed by atoms with van der Waals surface area (Å²) < 4.78 is 10.2. The number of methoxy groups -OCH3 is 1. The van der Waals surface area contributed by atoms with Crippen LogP contribution in [0.25, 0.3) is 0 Å². The minimum absolute atomic E-state index is 0.157. The van der Waals surface area contributed by atoms with Crippen molar-refractivity contribution in [2.75, 3.05) is 48.4 Å². The Hall–Kier alpha value is -5.05. The van der Waals surface area contributed by atoms with E-state index in [9.17, 15) is 14.4 Å². The quantitative estimate of drug-likeness (QED) is 0.325. The van der Waals surface area contributed by atoms with Crippen molar-refractivity contribution in [1.29, 1.82) is 0 Å². The molecule has 0 aliphatic carbocycles. The van der Waals surface area contributed by atoms with Crippen LogP contribution < -0.4 is 15.1 Å². The van der Waals surface area contributed by atoms with Gasteiger partial charge in [0.15, 0.2) is 5.76 Å². The van der Waals surface area contributed by atoms with E-state index in [0.717, 1.165) is 43.0 Å². The summed E-state index contributed by atoms with van der Waals surface area (Å²) in [6, 6.07) is 22.5. The molecule has 4 aromatic rings. The molecular weight excluding hydrogens is 532 g/mol. The van der Waals surface area contributed by atoms with Gasteiger partial charge in [-0.2, -0.15) is 0 Å². The second kappa shape index (κ2) is 11.4. The van der Waals surface area contributed by atoms with Gasteiger partial charge in [0.2, 0.25) is 0 Å². The molecule has 6 rings (SSSR count). The summed E-state index contributed by atoms with van der Waals surface area (Å²) in [6.07, 6.45) is 1.46. The fourth-order valence-corrected chi connectivity index (χ4v) is 5.71. The number of benzene rings is 3. The number of ether oxygens (including phenoxy) is 1. The predicted molar refractivity (Wildman–Crippen MR) is 160 cm³/mol. The average molecular weight is 565 g/mol. The monoisotopic (exact) mass is 564 g/mol. The Morgan fingerprint density at radius 1 is 0.786 bits per heavy atom. The molecular formula is C33H32N4O5. The van der Waals surface area contributed by atoms with Crippen molar-refractivity contribution < 1.29 is 23.5 Å². The third kappa shape index (κ3) is 5.33. The van der Waals surface area contributed by atoms with Crippen molar-refractivity contribution in [2.24, 2.45) is 0 Å². The Kier molecular flexibility index (Phi) is 7.39. The van der Waals surface area contributed by atoms with Crippen LogP contribution in [0.1, 0.15) is 48.0 Å². The first-order valence-corrected chi connectivity index (χ1v) is 13.9. The number of aryl methyl sites for hydroxylation is 1. The Morgan fingerprint density at radius 3 is 2.21 bits per heavy atom. The van der Waals surface area contributed by atoms with Crippen molar-refractivity contribution in [1.82, 2.24) is 4.90 Å². The molecule has 0 bridgehead atoms. The minimum Gasteiger partial charge on any atom is -0.465 e. The zero-order valence-electron chi connectivity index (χ0n) is 23.6. The van der Waals surface area contributed by atoms with Crippen LogP contribution in [-0.4, -0.2) is 56.0 Å². The highest BCUT2D eigenvalue weighted by Crippen LogP contribution is 2.32. The fraction of sp³-hybridized carbons (Fsp3) is 0.242. The van der Waals surface area contributed by atoms with Gasteiger partial charge in [-0.3, -0.25) is 9.59 Å². The van der Waals surface area contributed by atoms with E-state index in [1.165, 1.54) is 24.6 Å². The van der Waals surface area contributed by atoms with Crippen molar-refractivity contribution in [3.05, 3.63) is 113 Å². The number of rotatable bonds is 6. The molecule has 1 fully saturated rings. The molecule has 214 valence electrons. The number of nitrogens with one attached hydrogen (secondary N) is 1. The van der Waals surface area contributed by atoms with Crippen molar-refractivity contribution >= 4 is 34.8 Å². The lowest BCUT2D eigenvalue weighted by Gasteiger charge is -2.38. The normalized spacial score (nSPS) is 14.5. The highest BCUT2D eigenvalue weighted by atomic mass is 16.5. The molecule has 3 aromatic carbocycles. The highest BCUT2D eigenvalue weighted by molar-refractivity contribution is 6.05. The number of furan rings is 1. The smallest absolute Gasteiger partial charge is 0.337 e. The number of hydrogen-bond acceptors (Lipinski definition) is 7. The number of fused-ring (bicyclic) bond motifs is 1. The lowest BCUT2D eigenvalue weighted by Crippen LogP contribution is -2.47. The summed E-state index contributed by atoms with van der Waals surface area (Å²) in [4.78, 5) is 45.0. The molecule has 42 heavy (non-hydrogen) atoms. The van der Waals surface area contributed by atoms with E-state index in [-0.39, 0.29) is 17.6 Å². The Balaban J connectivity index is 1.23. The largest absolute Gasteiger partial charge is 0.465 e. The summed E-state index contributed by atoms with van der Waals surface area (Å²) in [7, 11) is 1.35. The first kappa shape index (κ1) is 27.1. The summed E-state index contributed by atoms with van der Waals surface area (Å²) >= 11 is 0. The molecule has 0 saturated carbocycles. The number of carbonyl (C=O) groups excluding carboxylic acids is 3. The van der Waals surface area contributed by atoms with E-state index in [2.05, 4.69) is 40.2 Å². The van der Waals surface area contributed by atoms with Crippen LogP contribution in [-0.2, 0) is 17.8 Å². The van der Waals surface area contributed by atoms with Crippen LogP contribution in [0.15, 0.2) is 83.5 Å². The second-order valence-corrected chi connectivity index (χ2v) is 10.6. The molecule has 9 heteroatoms. The Morgan fingerprint density at radius 2 is 1.50 bits per heavy atom. The van der Waals surface area contributed by atoms with Crippen LogP contribution in [0.4, 0.5) is 17.1 Å². The number of nitrogens with zero attached hydrogens (tertiary/aromatic N) is 3. The molecule has 1 saturated heterocycles. The Labute approximate surface area is 244 Å². The number of anilines is 3. The Bertz CT molecular complexity index is 1640. The molecule has 2 amide bonds. The first-order valence-electron chi connectivity index (χ1n) is 13.9. The molecule has 1 N–H and O–H groups in total. The molecule has 0 atom stereocenters. The first-order chi connectivity index (χ1) is 20.4. The lowest BCUT2D eigenvalue weighted by molar-refractivity contribution is 0.0600. The van der Waals surface area contributed by atoms with Crippen LogP contribution in [0.2, 0.25) is 0 Å². The SMILES string of the molecule is COC(=O)c1ccc2c(c1)CN(C(=O)c1ccc(N3CCN(c4ccccc4C)CC3)c(NC(=O)c3ccco3)c1)C2. The maximum Gasteiger partial charge on any atom is 0.337 e. The summed E-state index contributed by atoms with van der Waals surface area (Å²) in [6.45, 7) is 6.12. The molecule has 1 aromatic heterocycles. The average Bonchev–Trinajstić information content (AvgIpc) is 3.71. The van der Waals surface area contributed by atoms with Gasteiger partial charge in [-0.05, 0) is 72.1 Å². The number of esters is 1. The maximum absolute atomic E-state index is 13.7.